The first-order valence-corrected chi connectivity index (χ1v) is 9.38. The molecule has 0 unspecified atom stereocenters. The minimum atomic E-state index is 0.726. The molecule has 0 saturated carbocycles. The normalized spacial score (nSPS) is 12.1. The average molecular weight is 327 g/mol. The van der Waals surface area contributed by atoms with Crippen molar-refractivity contribution in [3.63, 3.8) is 0 Å². The Morgan fingerprint density at radius 2 is 1.70 bits per heavy atom. The average Bonchev–Trinajstić information content (AvgIpc) is 2.59. The quantitative estimate of drug-likeness (QED) is 0.481. The smallest absolute Gasteiger partial charge is 0.118 e. The standard InChI is InChI=1S/C20H26O2Si/c1-17(23-20-13-11-19(21-2)12-14-20)8-6-7-15-22-16-18-9-4-3-5-10-18/h3-5,9-14,17H,6-8,15-16H2,1-2H3/t17-/m0/s1. The van der Waals surface area contributed by atoms with Crippen LogP contribution in [0.4, 0.5) is 0 Å². The fraction of sp³-hybridized carbons (Fsp3) is 0.400. The van der Waals surface area contributed by atoms with Gasteiger partial charge in [-0.25, -0.2) is 0 Å². The van der Waals surface area contributed by atoms with E-state index in [1.165, 1.54) is 23.6 Å². The summed E-state index contributed by atoms with van der Waals surface area (Å²) in [6.45, 7) is 3.92. The Kier molecular flexibility index (Phi) is 7.91. The highest BCUT2D eigenvalue weighted by Crippen LogP contribution is 2.14. The molecule has 2 aromatic rings. The second kappa shape index (κ2) is 10.2. The maximum atomic E-state index is 5.73. The predicted molar refractivity (Wildman–Crippen MR) is 97.8 cm³/mol. The highest BCUT2D eigenvalue weighted by molar-refractivity contribution is 6.54. The lowest BCUT2D eigenvalue weighted by Gasteiger charge is -2.11. The molecule has 0 aromatic heterocycles. The highest BCUT2D eigenvalue weighted by Gasteiger charge is 2.05. The van der Waals surface area contributed by atoms with Gasteiger partial charge in [0.25, 0.3) is 0 Å². The highest BCUT2D eigenvalue weighted by atomic mass is 28.2. The third kappa shape index (κ3) is 7.02. The lowest BCUT2D eigenvalue weighted by Crippen LogP contribution is -2.17. The molecule has 0 aliphatic rings. The number of rotatable bonds is 10. The summed E-state index contributed by atoms with van der Waals surface area (Å²) in [5.74, 6) is 0.932. The lowest BCUT2D eigenvalue weighted by molar-refractivity contribution is 0.117. The summed E-state index contributed by atoms with van der Waals surface area (Å²) in [4.78, 5) is 0. The zero-order valence-electron chi connectivity index (χ0n) is 14.1. The van der Waals surface area contributed by atoms with E-state index in [-0.39, 0.29) is 0 Å². The number of hydrogen-bond donors (Lipinski definition) is 0. The van der Waals surface area contributed by atoms with E-state index in [1.807, 2.05) is 18.2 Å². The van der Waals surface area contributed by atoms with Crippen LogP contribution in [0, 0.1) is 0 Å². The first-order chi connectivity index (χ1) is 11.3. The van der Waals surface area contributed by atoms with Crippen LogP contribution < -0.4 is 9.92 Å². The summed E-state index contributed by atoms with van der Waals surface area (Å²) in [5.41, 5.74) is 1.99. The molecule has 2 radical (unpaired) electrons. The van der Waals surface area contributed by atoms with Gasteiger partial charge in [0.15, 0.2) is 0 Å². The molecular formula is C20H26O2Si. The van der Waals surface area contributed by atoms with Gasteiger partial charge in [0, 0.05) is 6.61 Å². The van der Waals surface area contributed by atoms with Gasteiger partial charge < -0.3 is 9.47 Å². The molecular weight excluding hydrogens is 300 g/mol. The van der Waals surface area contributed by atoms with Crippen molar-refractivity contribution in [1.29, 1.82) is 0 Å². The van der Waals surface area contributed by atoms with Crippen molar-refractivity contribution in [2.75, 3.05) is 13.7 Å². The Bertz CT molecular complexity index is 539. The van der Waals surface area contributed by atoms with Crippen molar-refractivity contribution in [1.82, 2.24) is 0 Å². The van der Waals surface area contributed by atoms with E-state index in [4.69, 9.17) is 9.47 Å². The lowest BCUT2D eigenvalue weighted by atomic mass is 10.2. The third-order valence-corrected chi connectivity index (χ3v) is 5.24. The molecule has 0 heterocycles. The van der Waals surface area contributed by atoms with Gasteiger partial charge in [-0.05, 0) is 29.7 Å². The van der Waals surface area contributed by atoms with Gasteiger partial charge in [-0.1, -0.05) is 67.4 Å². The van der Waals surface area contributed by atoms with E-state index in [9.17, 15) is 0 Å². The van der Waals surface area contributed by atoms with Gasteiger partial charge in [-0.15, -0.1) is 0 Å². The second-order valence-corrected chi connectivity index (χ2v) is 7.66. The molecule has 0 spiro atoms. The van der Waals surface area contributed by atoms with Crippen molar-refractivity contribution in [2.24, 2.45) is 0 Å². The number of hydrogen-bond acceptors (Lipinski definition) is 2. The molecule has 3 heteroatoms. The Morgan fingerprint density at radius 3 is 2.39 bits per heavy atom. The number of unbranched alkanes of at least 4 members (excludes halogenated alkanes) is 1. The molecule has 2 nitrogen and oxygen atoms in total. The van der Waals surface area contributed by atoms with Gasteiger partial charge in [0.2, 0.25) is 0 Å². The van der Waals surface area contributed by atoms with E-state index in [2.05, 4.69) is 43.3 Å². The Morgan fingerprint density at radius 1 is 0.957 bits per heavy atom. The molecule has 0 aliphatic carbocycles. The van der Waals surface area contributed by atoms with Crippen LogP contribution in [0.5, 0.6) is 5.75 Å². The molecule has 0 saturated heterocycles. The molecule has 2 rings (SSSR count). The van der Waals surface area contributed by atoms with Crippen LogP contribution in [0.25, 0.3) is 0 Å². The zero-order valence-corrected chi connectivity index (χ0v) is 15.1. The van der Waals surface area contributed by atoms with Gasteiger partial charge >= 0.3 is 0 Å². The van der Waals surface area contributed by atoms with Crippen LogP contribution in [-0.2, 0) is 11.3 Å². The van der Waals surface area contributed by atoms with Gasteiger partial charge in [-0.2, -0.15) is 0 Å². The summed E-state index contributed by atoms with van der Waals surface area (Å²) in [6, 6.07) is 18.8. The van der Waals surface area contributed by atoms with Crippen LogP contribution in [0.2, 0.25) is 5.54 Å². The molecule has 0 aliphatic heterocycles. The molecule has 0 fully saturated rings. The van der Waals surface area contributed by atoms with Gasteiger partial charge in [-0.3, -0.25) is 0 Å². The predicted octanol–water partition coefficient (Wildman–Crippen LogP) is 4.22. The van der Waals surface area contributed by atoms with E-state index in [1.54, 1.807) is 7.11 Å². The molecule has 0 bridgehead atoms. The Balaban J connectivity index is 1.55. The van der Waals surface area contributed by atoms with Crippen molar-refractivity contribution >= 4 is 14.7 Å². The summed E-state index contributed by atoms with van der Waals surface area (Å²) in [7, 11) is 2.58. The van der Waals surface area contributed by atoms with E-state index >= 15 is 0 Å². The molecule has 2 aromatic carbocycles. The third-order valence-electron chi connectivity index (χ3n) is 3.79. The van der Waals surface area contributed by atoms with Crippen LogP contribution in [0.3, 0.4) is 0 Å². The molecule has 23 heavy (non-hydrogen) atoms. The van der Waals surface area contributed by atoms with Gasteiger partial charge in [0.05, 0.1) is 23.2 Å². The van der Waals surface area contributed by atoms with E-state index in [0.29, 0.717) is 0 Å². The van der Waals surface area contributed by atoms with Crippen molar-refractivity contribution < 1.29 is 9.47 Å². The fourth-order valence-corrected chi connectivity index (χ4v) is 3.74. The van der Waals surface area contributed by atoms with Crippen LogP contribution in [0.1, 0.15) is 31.7 Å². The molecule has 1 atom stereocenters. The monoisotopic (exact) mass is 326 g/mol. The van der Waals surface area contributed by atoms with E-state index < -0.39 is 0 Å². The SMILES string of the molecule is COc1ccc([Si][C@@H](C)CCCCOCc2ccccc2)cc1. The van der Waals surface area contributed by atoms with Crippen LogP contribution in [-0.4, -0.2) is 23.2 Å². The molecule has 0 amide bonds. The largest absolute Gasteiger partial charge is 0.497 e. The Hall–Kier alpha value is -1.58. The van der Waals surface area contributed by atoms with Crippen LogP contribution >= 0.6 is 0 Å². The van der Waals surface area contributed by atoms with Crippen molar-refractivity contribution in [2.45, 2.75) is 38.3 Å². The molecule has 0 N–H and O–H groups in total. The summed E-state index contributed by atoms with van der Waals surface area (Å²) in [6.07, 6.45) is 3.64. The summed E-state index contributed by atoms with van der Waals surface area (Å²) in [5, 5.41) is 1.42. The number of benzene rings is 2. The van der Waals surface area contributed by atoms with Crippen molar-refractivity contribution in [3.05, 3.63) is 60.2 Å². The first kappa shape index (κ1) is 17.8. The maximum absolute atomic E-state index is 5.73. The molecule has 122 valence electrons. The fourth-order valence-electron chi connectivity index (χ4n) is 2.46. The first-order valence-electron chi connectivity index (χ1n) is 8.30. The number of ether oxygens (including phenoxy) is 2. The summed E-state index contributed by atoms with van der Waals surface area (Å²) < 4.78 is 10.9. The Labute approximate surface area is 142 Å². The van der Waals surface area contributed by atoms with Crippen LogP contribution in [0.15, 0.2) is 54.6 Å². The maximum Gasteiger partial charge on any atom is 0.118 e. The minimum Gasteiger partial charge on any atom is -0.497 e. The summed E-state index contributed by atoms with van der Waals surface area (Å²) >= 11 is 0. The van der Waals surface area contributed by atoms with Crippen molar-refractivity contribution in [3.8, 4) is 5.75 Å². The van der Waals surface area contributed by atoms with E-state index in [0.717, 1.165) is 40.4 Å². The van der Waals surface area contributed by atoms with Gasteiger partial charge in [0.1, 0.15) is 5.75 Å². The topological polar surface area (TPSA) is 18.5 Å². The number of methoxy groups -OCH3 is 1. The second-order valence-electron chi connectivity index (χ2n) is 5.81. The zero-order chi connectivity index (χ0) is 16.3. The minimum absolute atomic E-state index is 0.726.